The zero-order valence-corrected chi connectivity index (χ0v) is 13.9. The first-order chi connectivity index (χ1) is 10.7. The molecule has 5 nitrogen and oxygen atoms in total. The van der Waals surface area contributed by atoms with Gasteiger partial charge in [-0.2, -0.15) is 8.78 Å². The zero-order valence-electron chi connectivity index (χ0n) is 13.9. The molecule has 2 N–H and O–H groups in total. The van der Waals surface area contributed by atoms with Crippen LogP contribution in [0.2, 0.25) is 0 Å². The standard InChI is InChI=1S/C16H24F2N2O3/c1-11(9-20-15(21)23-16(2,3)4)19-10-12-7-5-6-8-13(12)22-14(17)18/h5-8,11,14,19H,9-10H2,1-4H3,(H,20,21). The topological polar surface area (TPSA) is 59.6 Å². The van der Waals surface area contributed by atoms with E-state index in [1.54, 1.807) is 39.0 Å². The highest BCUT2D eigenvalue weighted by Crippen LogP contribution is 2.20. The number of amides is 1. The van der Waals surface area contributed by atoms with Crippen LogP contribution in [0.25, 0.3) is 0 Å². The summed E-state index contributed by atoms with van der Waals surface area (Å²) in [6.45, 7) is 5.07. The lowest BCUT2D eigenvalue weighted by molar-refractivity contribution is -0.0505. The first kappa shape index (κ1) is 19.2. The maximum absolute atomic E-state index is 12.3. The molecule has 0 aliphatic carbocycles. The minimum Gasteiger partial charge on any atom is -0.444 e. The van der Waals surface area contributed by atoms with Gasteiger partial charge in [-0.25, -0.2) is 4.79 Å². The molecule has 23 heavy (non-hydrogen) atoms. The van der Waals surface area contributed by atoms with E-state index in [1.165, 1.54) is 6.07 Å². The molecular weight excluding hydrogens is 306 g/mol. The number of halogens is 2. The van der Waals surface area contributed by atoms with Gasteiger partial charge in [0, 0.05) is 24.7 Å². The number of ether oxygens (including phenoxy) is 2. The molecule has 0 fully saturated rings. The summed E-state index contributed by atoms with van der Waals surface area (Å²) in [5, 5.41) is 5.78. The van der Waals surface area contributed by atoms with Crippen molar-refractivity contribution in [2.75, 3.05) is 6.54 Å². The predicted molar refractivity (Wildman–Crippen MR) is 83.6 cm³/mol. The average molecular weight is 330 g/mol. The van der Waals surface area contributed by atoms with Gasteiger partial charge in [0.25, 0.3) is 0 Å². The van der Waals surface area contributed by atoms with Crippen LogP contribution in [0, 0.1) is 0 Å². The largest absolute Gasteiger partial charge is 0.444 e. The minimum atomic E-state index is -2.86. The van der Waals surface area contributed by atoms with Crippen molar-refractivity contribution >= 4 is 6.09 Å². The third-order valence-electron chi connectivity index (χ3n) is 2.78. The number of alkyl halides is 2. The Morgan fingerprint density at radius 1 is 1.26 bits per heavy atom. The number of carbonyl (C=O) groups excluding carboxylic acids is 1. The Morgan fingerprint density at radius 3 is 2.52 bits per heavy atom. The van der Waals surface area contributed by atoms with Crippen LogP contribution < -0.4 is 15.4 Å². The Labute approximate surface area is 135 Å². The second-order valence-electron chi connectivity index (χ2n) is 6.15. The van der Waals surface area contributed by atoms with E-state index in [9.17, 15) is 13.6 Å². The SMILES string of the molecule is CC(CNC(=O)OC(C)(C)C)NCc1ccccc1OC(F)F. The molecule has 0 saturated carbocycles. The van der Waals surface area contributed by atoms with E-state index < -0.39 is 18.3 Å². The zero-order chi connectivity index (χ0) is 17.5. The van der Waals surface area contributed by atoms with Gasteiger partial charge in [0.2, 0.25) is 0 Å². The van der Waals surface area contributed by atoms with E-state index >= 15 is 0 Å². The van der Waals surface area contributed by atoms with Crippen LogP contribution in [0.4, 0.5) is 13.6 Å². The second kappa shape index (κ2) is 8.67. The molecule has 1 aromatic carbocycles. The molecule has 1 aromatic rings. The maximum Gasteiger partial charge on any atom is 0.407 e. The third-order valence-corrected chi connectivity index (χ3v) is 2.78. The first-order valence-corrected chi connectivity index (χ1v) is 7.40. The second-order valence-corrected chi connectivity index (χ2v) is 6.15. The summed E-state index contributed by atoms with van der Waals surface area (Å²) in [6, 6.07) is 6.52. The number of carbonyl (C=O) groups is 1. The Morgan fingerprint density at radius 2 is 1.91 bits per heavy atom. The van der Waals surface area contributed by atoms with Crippen molar-refractivity contribution in [2.24, 2.45) is 0 Å². The molecule has 0 aliphatic heterocycles. The monoisotopic (exact) mass is 330 g/mol. The van der Waals surface area contributed by atoms with Crippen LogP contribution in [-0.2, 0) is 11.3 Å². The van der Waals surface area contributed by atoms with Crippen LogP contribution >= 0.6 is 0 Å². The number of hydrogen-bond donors (Lipinski definition) is 2. The number of alkyl carbamates (subject to hydrolysis) is 1. The molecule has 0 heterocycles. The van der Waals surface area contributed by atoms with Gasteiger partial charge in [0.15, 0.2) is 0 Å². The molecule has 0 aliphatic rings. The van der Waals surface area contributed by atoms with Crippen molar-refractivity contribution in [1.82, 2.24) is 10.6 Å². The molecule has 0 radical (unpaired) electrons. The highest BCUT2D eigenvalue weighted by Gasteiger charge is 2.16. The molecule has 1 unspecified atom stereocenters. The fourth-order valence-electron chi connectivity index (χ4n) is 1.77. The van der Waals surface area contributed by atoms with Crippen LogP contribution in [0.5, 0.6) is 5.75 Å². The van der Waals surface area contributed by atoms with E-state index in [4.69, 9.17) is 4.74 Å². The first-order valence-electron chi connectivity index (χ1n) is 7.40. The van der Waals surface area contributed by atoms with Crippen LogP contribution in [0.3, 0.4) is 0 Å². The fraction of sp³-hybridized carbons (Fsp3) is 0.562. The average Bonchev–Trinajstić information content (AvgIpc) is 2.41. The summed E-state index contributed by atoms with van der Waals surface area (Å²) in [6.07, 6.45) is -0.493. The van der Waals surface area contributed by atoms with Gasteiger partial charge in [0.05, 0.1) is 0 Å². The summed E-state index contributed by atoms with van der Waals surface area (Å²) < 4.78 is 34.3. The number of hydrogen-bond acceptors (Lipinski definition) is 4. The van der Waals surface area contributed by atoms with E-state index in [-0.39, 0.29) is 11.8 Å². The number of para-hydroxylation sites is 1. The molecule has 0 bridgehead atoms. The van der Waals surface area contributed by atoms with Crippen LogP contribution in [-0.4, -0.2) is 30.9 Å². The molecule has 0 aromatic heterocycles. The van der Waals surface area contributed by atoms with Gasteiger partial charge in [-0.15, -0.1) is 0 Å². The summed E-state index contributed by atoms with van der Waals surface area (Å²) in [5.41, 5.74) is 0.0728. The Hall–Kier alpha value is -1.89. The number of nitrogens with one attached hydrogen (secondary N) is 2. The van der Waals surface area contributed by atoms with Crippen molar-refractivity contribution in [3.63, 3.8) is 0 Å². The van der Waals surface area contributed by atoms with E-state index in [0.717, 1.165) is 0 Å². The molecule has 130 valence electrons. The van der Waals surface area contributed by atoms with E-state index in [0.29, 0.717) is 18.7 Å². The highest BCUT2D eigenvalue weighted by atomic mass is 19.3. The van der Waals surface area contributed by atoms with Gasteiger partial charge in [-0.1, -0.05) is 18.2 Å². The fourth-order valence-corrected chi connectivity index (χ4v) is 1.77. The lowest BCUT2D eigenvalue weighted by Crippen LogP contribution is -2.41. The normalized spacial score (nSPS) is 12.8. The molecule has 7 heteroatoms. The molecule has 1 amide bonds. The molecular formula is C16H24F2N2O3. The van der Waals surface area contributed by atoms with Crippen molar-refractivity contribution in [2.45, 2.75) is 52.5 Å². The lowest BCUT2D eigenvalue weighted by Gasteiger charge is -2.21. The van der Waals surface area contributed by atoms with Crippen LogP contribution in [0.15, 0.2) is 24.3 Å². The van der Waals surface area contributed by atoms with E-state index in [2.05, 4.69) is 15.4 Å². The van der Waals surface area contributed by atoms with Crippen molar-refractivity contribution < 1.29 is 23.0 Å². The Balaban J connectivity index is 2.42. The summed E-state index contributed by atoms with van der Waals surface area (Å²) >= 11 is 0. The number of benzene rings is 1. The molecule has 0 spiro atoms. The predicted octanol–water partition coefficient (Wildman–Crippen LogP) is 3.29. The Bertz CT molecular complexity index is 504. The smallest absolute Gasteiger partial charge is 0.407 e. The summed E-state index contributed by atoms with van der Waals surface area (Å²) in [7, 11) is 0. The lowest BCUT2D eigenvalue weighted by atomic mass is 10.2. The quantitative estimate of drug-likeness (QED) is 0.805. The minimum absolute atomic E-state index is 0.0675. The Kier molecular flexibility index (Phi) is 7.22. The molecule has 1 rings (SSSR count). The van der Waals surface area contributed by atoms with Crippen molar-refractivity contribution in [3.8, 4) is 5.75 Å². The summed E-state index contributed by atoms with van der Waals surface area (Å²) in [5.74, 6) is 0.141. The highest BCUT2D eigenvalue weighted by molar-refractivity contribution is 5.67. The third kappa shape index (κ3) is 8.35. The number of rotatable bonds is 7. The molecule has 0 saturated heterocycles. The van der Waals surface area contributed by atoms with Crippen molar-refractivity contribution in [1.29, 1.82) is 0 Å². The molecule has 1 atom stereocenters. The maximum atomic E-state index is 12.3. The van der Waals surface area contributed by atoms with Crippen LogP contribution in [0.1, 0.15) is 33.3 Å². The van der Waals surface area contributed by atoms with Gasteiger partial charge in [0.1, 0.15) is 11.4 Å². The van der Waals surface area contributed by atoms with Gasteiger partial charge < -0.3 is 20.1 Å². The van der Waals surface area contributed by atoms with Gasteiger partial charge in [-0.3, -0.25) is 0 Å². The van der Waals surface area contributed by atoms with Gasteiger partial charge in [-0.05, 0) is 33.8 Å². The van der Waals surface area contributed by atoms with Gasteiger partial charge >= 0.3 is 12.7 Å². The van der Waals surface area contributed by atoms with E-state index in [1.807, 2.05) is 6.92 Å². The summed E-state index contributed by atoms with van der Waals surface area (Å²) in [4.78, 5) is 11.5. The van der Waals surface area contributed by atoms with Crippen molar-refractivity contribution in [3.05, 3.63) is 29.8 Å².